The largest absolute Gasteiger partial charge is 0.504 e. The molecule has 0 aliphatic heterocycles. The lowest BCUT2D eigenvalue weighted by molar-refractivity contribution is 0.288. The maximum atomic E-state index is 9.29. The number of benzene rings is 2. The molecule has 0 spiro atoms. The Morgan fingerprint density at radius 1 is 0.667 bits per heavy atom. The third-order valence-electron chi connectivity index (χ3n) is 3.94. The fourth-order valence-electron chi connectivity index (χ4n) is 2.48. The molecular weight excluding hydrogens is 348 g/mol. The SMILES string of the molecule is COc1cc(CCCO)ccc1O.COc1ccc(CCCO)cc1OC. The smallest absolute Gasteiger partial charge is 0.160 e. The molecule has 6 nitrogen and oxygen atoms in total. The molecule has 0 aromatic heterocycles. The molecule has 27 heavy (non-hydrogen) atoms. The summed E-state index contributed by atoms with van der Waals surface area (Å²) in [5.74, 6) is 2.11. The quantitative estimate of drug-likeness (QED) is 0.622. The first-order valence-electron chi connectivity index (χ1n) is 8.88. The number of rotatable bonds is 9. The van der Waals surface area contributed by atoms with Crippen molar-refractivity contribution < 1.29 is 29.5 Å². The highest BCUT2D eigenvalue weighted by Gasteiger charge is 2.04. The average molecular weight is 378 g/mol. The van der Waals surface area contributed by atoms with Gasteiger partial charge in [-0.05, 0) is 61.1 Å². The zero-order valence-corrected chi connectivity index (χ0v) is 16.3. The third-order valence-corrected chi connectivity index (χ3v) is 3.94. The summed E-state index contributed by atoms with van der Waals surface area (Å²) in [7, 11) is 4.75. The van der Waals surface area contributed by atoms with Crippen LogP contribution in [0.25, 0.3) is 0 Å². The molecule has 0 fully saturated rings. The third kappa shape index (κ3) is 7.76. The second-order valence-corrected chi connectivity index (χ2v) is 5.85. The summed E-state index contributed by atoms with van der Waals surface area (Å²) < 4.78 is 15.2. The number of aryl methyl sites for hydroxylation is 2. The van der Waals surface area contributed by atoms with E-state index < -0.39 is 0 Å². The summed E-state index contributed by atoms with van der Waals surface area (Å²) in [5, 5.41) is 26.6. The monoisotopic (exact) mass is 378 g/mol. The van der Waals surface area contributed by atoms with Crippen molar-refractivity contribution in [1.29, 1.82) is 0 Å². The van der Waals surface area contributed by atoms with Crippen molar-refractivity contribution in [3.05, 3.63) is 47.5 Å². The first kappa shape index (κ1) is 22.6. The lowest BCUT2D eigenvalue weighted by Crippen LogP contribution is -1.94. The Labute approximate surface area is 161 Å². The molecule has 2 rings (SSSR count). The number of ether oxygens (including phenoxy) is 3. The maximum Gasteiger partial charge on any atom is 0.160 e. The van der Waals surface area contributed by atoms with E-state index >= 15 is 0 Å². The van der Waals surface area contributed by atoms with E-state index in [4.69, 9.17) is 24.4 Å². The molecule has 0 radical (unpaired) electrons. The fourth-order valence-corrected chi connectivity index (χ4v) is 2.48. The zero-order valence-electron chi connectivity index (χ0n) is 16.3. The number of phenolic OH excluding ortho intramolecular Hbond substituents is 1. The van der Waals surface area contributed by atoms with Gasteiger partial charge in [0.25, 0.3) is 0 Å². The molecular formula is C21H30O6. The number of aliphatic hydroxyl groups excluding tert-OH is 2. The molecule has 0 aliphatic carbocycles. The van der Waals surface area contributed by atoms with Crippen molar-refractivity contribution in [1.82, 2.24) is 0 Å². The van der Waals surface area contributed by atoms with E-state index in [1.807, 2.05) is 24.3 Å². The number of aliphatic hydroxyl groups is 2. The summed E-state index contributed by atoms with van der Waals surface area (Å²) in [4.78, 5) is 0. The van der Waals surface area contributed by atoms with Crippen molar-refractivity contribution >= 4 is 0 Å². The summed E-state index contributed by atoms with van der Waals surface area (Å²) in [6.07, 6.45) is 3.16. The van der Waals surface area contributed by atoms with Crippen LogP contribution in [0.15, 0.2) is 36.4 Å². The van der Waals surface area contributed by atoms with Gasteiger partial charge in [-0.25, -0.2) is 0 Å². The predicted molar refractivity (Wildman–Crippen MR) is 105 cm³/mol. The Hall–Kier alpha value is -2.44. The van der Waals surface area contributed by atoms with Gasteiger partial charge in [0, 0.05) is 13.2 Å². The Morgan fingerprint density at radius 2 is 1.15 bits per heavy atom. The van der Waals surface area contributed by atoms with Gasteiger partial charge in [0.05, 0.1) is 21.3 Å². The van der Waals surface area contributed by atoms with Gasteiger partial charge in [0.15, 0.2) is 23.0 Å². The van der Waals surface area contributed by atoms with Crippen molar-refractivity contribution in [3.8, 4) is 23.0 Å². The number of hydrogen-bond donors (Lipinski definition) is 3. The van der Waals surface area contributed by atoms with Crippen molar-refractivity contribution in [2.75, 3.05) is 34.5 Å². The average Bonchev–Trinajstić information content (AvgIpc) is 2.71. The standard InChI is InChI=1S/C11H16O3.C10H14O3/c1-13-10-6-5-9(4-3-7-12)8-11(10)14-2;1-13-10-7-8(3-2-6-11)4-5-9(10)12/h5-6,8,12H,3-4,7H2,1-2H3;4-5,7,11-12H,2-3,6H2,1H3. The highest BCUT2D eigenvalue weighted by molar-refractivity contribution is 5.43. The van der Waals surface area contributed by atoms with Crippen LogP contribution in [0.1, 0.15) is 24.0 Å². The molecule has 3 N–H and O–H groups in total. The minimum Gasteiger partial charge on any atom is -0.504 e. The van der Waals surface area contributed by atoms with E-state index in [9.17, 15) is 5.11 Å². The molecule has 0 bridgehead atoms. The number of phenols is 1. The molecule has 0 atom stereocenters. The molecule has 2 aromatic rings. The van der Waals surface area contributed by atoms with Crippen LogP contribution in [0.3, 0.4) is 0 Å². The first-order chi connectivity index (χ1) is 13.1. The Bertz CT molecular complexity index is 672. The van der Waals surface area contributed by atoms with Gasteiger partial charge in [-0.3, -0.25) is 0 Å². The number of aromatic hydroxyl groups is 1. The van der Waals surface area contributed by atoms with Gasteiger partial charge in [-0.2, -0.15) is 0 Å². The van der Waals surface area contributed by atoms with Gasteiger partial charge in [-0.15, -0.1) is 0 Å². The molecule has 0 saturated heterocycles. The number of hydrogen-bond acceptors (Lipinski definition) is 6. The van der Waals surface area contributed by atoms with E-state index in [-0.39, 0.29) is 19.0 Å². The highest BCUT2D eigenvalue weighted by atomic mass is 16.5. The van der Waals surface area contributed by atoms with E-state index in [1.165, 1.54) is 7.11 Å². The van der Waals surface area contributed by atoms with Crippen molar-refractivity contribution in [3.63, 3.8) is 0 Å². The lowest BCUT2D eigenvalue weighted by Gasteiger charge is -2.08. The highest BCUT2D eigenvalue weighted by Crippen LogP contribution is 2.28. The van der Waals surface area contributed by atoms with Gasteiger partial charge in [-0.1, -0.05) is 12.1 Å². The number of methoxy groups -OCH3 is 3. The molecule has 0 unspecified atom stereocenters. The summed E-state index contributed by atoms with van der Waals surface area (Å²) in [5.41, 5.74) is 2.21. The topological polar surface area (TPSA) is 88.4 Å². The summed E-state index contributed by atoms with van der Waals surface area (Å²) in [6, 6.07) is 11.0. The normalized spacial score (nSPS) is 9.96. The van der Waals surface area contributed by atoms with Gasteiger partial charge < -0.3 is 29.5 Å². The van der Waals surface area contributed by atoms with Crippen LogP contribution in [0.2, 0.25) is 0 Å². The Morgan fingerprint density at radius 3 is 1.63 bits per heavy atom. The molecule has 6 heteroatoms. The maximum absolute atomic E-state index is 9.29. The lowest BCUT2D eigenvalue weighted by atomic mass is 10.1. The minimum atomic E-state index is 0.148. The molecule has 0 amide bonds. The minimum absolute atomic E-state index is 0.148. The van der Waals surface area contributed by atoms with E-state index in [1.54, 1.807) is 26.4 Å². The summed E-state index contributed by atoms with van der Waals surface area (Å²) >= 11 is 0. The van der Waals surface area contributed by atoms with Gasteiger partial charge in [0.1, 0.15) is 0 Å². The predicted octanol–water partition coefficient (Wildman–Crippen LogP) is 2.95. The van der Waals surface area contributed by atoms with E-state index in [0.717, 1.165) is 48.3 Å². The van der Waals surface area contributed by atoms with Crippen molar-refractivity contribution in [2.24, 2.45) is 0 Å². The summed E-state index contributed by atoms with van der Waals surface area (Å²) in [6.45, 7) is 0.400. The molecule has 0 aliphatic rings. The van der Waals surface area contributed by atoms with E-state index in [2.05, 4.69) is 0 Å². The van der Waals surface area contributed by atoms with Crippen LogP contribution in [-0.2, 0) is 12.8 Å². The van der Waals surface area contributed by atoms with Crippen LogP contribution in [0, 0.1) is 0 Å². The van der Waals surface area contributed by atoms with Crippen LogP contribution in [0.5, 0.6) is 23.0 Å². The fraction of sp³-hybridized carbons (Fsp3) is 0.429. The molecule has 0 saturated carbocycles. The zero-order chi connectivity index (χ0) is 20.1. The molecule has 2 aromatic carbocycles. The van der Waals surface area contributed by atoms with Crippen LogP contribution < -0.4 is 14.2 Å². The van der Waals surface area contributed by atoms with Crippen molar-refractivity contribution in [2.45, 2.75) is 25.7 Å². The Balaban J connectivity index is 0.000000271. The first-order valence-corrected chi connectivity index (χ1v) is 8.88. The van der Waals surface area contributed by atoms with Crippen LogP contribution >= 0.6 is 0 Å². The molecule has 0 heterocycles. The second kappa shape index (κ2) is 12.8. The Kier molecular flexibility index (Phi) is 10.7. The van der Waals surface area contributed by atoms with Crippen LogP contribution in [0.4, 0.5) is 0 Å². The van der Waals surface area contributed by atoms with Crippen LogP contribution in [-0.4, -0.2) is 49.9 Å². The van der Waals surface area contributed by atoms with Gasteiger partial charge >= 0.3 is 0 Å². The second-order valence-electron chi connectivity index (χ2n) is 5.85. The molecule has 150 valence electrons. The van der Waals surface area contributed by atoms with Gasteiger partial charge in [0.2, 0.25) is 0 Å². The van der Waals surface area contributed by atoms with E-state index in [0.29, 0.717) is 5.75 Å².